The van der Waals surface area contributed by atoms with E-state index in [0.29, 0.717) is 37.8 Å². The van der Waals surface area contributed by atoms with Gasteiger partial charge in [-0.3, -0.25) is 4.79 Å². The summed E-state index contributed by atoms with van der Waals surface area (Å²) in [7, 11) is 0. The number of amides is 1. The Morgan fingerprint density at radius 2 is 2.05 bits per heavy atom. The van der Waals surface area contributed by atoms with E-state index in [1.807, 2.05) is 6.92 Å². The molecule has 0 spiro atoms. The molecule has 0 bridgehead atoms. The first-order valence-corrected chi connectivity index (χ1v) is 6.18. The summed E-state index contributed by atoms with van der Waals surface area (Å²) in [6.07, 6.45) is -4.60. The first-order valence-electron chi connectivity index (χ1n) is 6.18. The second-order valence-electron chi connectivity index (χ2n) is 4.80. The van der Waals surface area contributed by atoms with Crippen LogP contribution in [0.3, 0.4) is 0 Å². The van der Waals surface area contributed by atoms with E-state index in [9.17, 15) is 22.4 Å². The molecule has 1 heterocycles. The first kappa shape index (κ1) is 17.7. The van der Waals surface area contributed by atoms with E-state index >= 15 is 0 Å². The van der Waals surface area contributed by atoms with Crippen molar-refractivity contribution in [3.63, 3.8) is 0 Å². The predicted molar refractivity (Wildman–Crippen MR) is 72.0 cm³/mol. The van der Waals surface area contributed by atoms with Crippen molar-refractivity contribution >= 4 is 18.3 Å². The van der Waals surface area contributed by atoms with Crippen LogP contribution in [0.5, 0.6) is 0 Å². The third-order valence-corrected chi connectivity index (χ3v) is 3.18. The number of benzene rings is 1. The summed E-state index contributed by atoms with van der Waals surface area (Å²) in [5.74, 6) is -1.64. The number of alkyl halides is 3. The van der Waals surface area contributed by atoms with E-state index in [-0.39, 0.29) is 18.4 Å². The van der Waals surface area contributed by atoms with Gasteiger partial charge in [-0.15, -0.1) is 12.4 Å². The lowest BCUT2D eigenvalue weighted by molar-refractivity contribution is -0.137. The number of rotatable bonds is 1. The lowest BCUT2D eigenvalue weighted by Gasteiger charge is -2.32. The van der Waals surface area contributed by atoms with Gasteiger partial charge < -0.3 is 10.2 Å². The average Bonchev–Trinajstić information content (AvgIpc) is 2.37. The van der Waals surface area contributed by atoms with Gasteiger partial charge >= 0.3 is 6.18 Å². The fourth-order valence-electron chi connectivity index (χ4n) is 2.15. The van der Waals surface area contributed by atoms with Crippen LogP contribution < -0.4 is 5.32 Å². The molecule has 8 heteroatoms. The van der Waals surface area contributed by atoms with Gasteiger partial charge in [-0.05, 0) is 25.1 Å². The number of nitrogens with zero attached hydrogens (tertiary/aromatic N) is 1. The van der Waals surface area contributed by atoms with Crippen LogP contribution in [0.25, 0.3) is 0 Å². The SMILES string of the molecule is C[C@@H]1CN(C(=O)c2cc(C(F)(F)F)ccc2F)CCN1.Cl. The Balaban J connectivity index is 0.00000220. The van der Waals surface area contributed by atoms with Crippen molar-refractivity contribution in [3.8, 4) is 0 Å². The maximum absolute atomic E-state index is 13.6. The molecule has 0 aliphatic carbocycles. The minimum atomic E-state index is -4.60. The van der Waals surface area contributed by atoms with Crippen molar-refractivity contribution in [2.24, 2.45) is 0 Å². The van der Waals surface area contributed by atoms with Crippen LogP contribution in [-0.2, 0) is 6.18 Å². The molecule has 0 radical (unpaired) electrons. The van der Waals surface area contributed by atoms with Gasteiger partial charge in [0, 0.05) is 25.7 Å². The van der Waals surface area contributed by atoms with Crippen molar-refractivity contribution in [1.29, 1.82) is 0 Å². The van der Waals surface area contributed by atoms with Crippen molar-refractivity contribution in [2.75, 3.05) is 19.6 Å². The van der Waals surface area contributed by atoms with E-state index in [1.165, 1.54) is 4.90 Å². The molecule has 1 fully saturated rings. The average molecular weight is 327 g/mol. The second-order valence-corrected chi connectivity index (χ2v) is 4.80. The lowest BCUT2D eigenvalue weighted by Crippen LogP contribution is -2.51. The van der Waals surface area contributed by atoms with Crippen LogP contribution in [0.1, 0.15) is 22.8 Å². The van der Waals surface area contributed by atoms with Crippen molar-refractivity contribution in [2.45, 2.75) is 19.1 Å². The van der Waals surface area contributed by atoms with E-state index in [4.69, 9.17) is 0 Å². The van der Waals surface area contributed by atoms with Gasteiger partial charge in [-0.2, -0.15) is 13.2 Å². The molecule has 0 unspecified atom stereocenters. The lowest BCUT2D eigenvalue weighted by atomic mass is 10.1. The molecule has 1 aromatic carbocycles. The number of nitrogens with one attached hydrogen (secondary N) is 1. The standard InChI is InChI=1S/C13H14F4N2O.ClH/c1-8-7-19(5-4-18-8)12(20)10-6-9(13(15,16)17)2-3-11(10)14;/h2-3,6,8,18H,4-5,7H2,1H3;1H/t8-;/m1./s1. The molecule has 1 aromatic rings. The molecule has 118 valence electrons. The highest BCUT2D eigenvalue weighted by Gasteiger charge is 2.33. The molecule has 1 N–H and O–H groups in total. The Morgan fingerprint density at radius 3 is 2.62 bits per heavy atom. The molecule has 2 rings (SSSR count). The number of halogens is 5. The number of piperazine rings is 1. The number of hydrogen-bond acceptors (Lipinski definition) is 2. The molecule has 3 nitrogen and oxygen atoms in total. The van der Waals surface area contributed by atoms with Crippen LogP contribution in [-0.4, -0.2) is 36.5 Å². The molecule has 1 saturated heterocycles. The van der Waals surface area contributed by atoms with Crippen molar-refractivity contribution in [3.05, 3.63) is 35.1 Å². The van der Waals surface area contributed by atoms with Gasteiger partial charge in [-0.1, -0.05) is 0 Å². The molecular weight excluding hydrogens is 312 g/mol. The first-order chi connectivity index (χ1) is 9.29. The summed E-state index contributed by atoms with van der Waals surface area (Å²) < 4.78 is 51.5. The maximum Gasteiger partial charge on any atom is 0.416 e. The summed E-state index contributed by atoms with van der Waals surface area (Å²) in [6.45, 7) is 3.07. The van der Waals surface area contributed by atoms with E-state index in [1.54, 1.807) is 0 Å². The summed E-state index contributed by atoms with van der Waals surface area (Å²) in [4.78, 5) is 13.5. The number of carbonyl (C=O) groups is 1. The Morgan fingerprint density at radius 1 is 1.38 bits per heavy atom. The van der Waals surface area contributed by atoms with E-state index in [0.717, 1.165) is 0 Å². The second kappa shape index (κ2) is 6.62. The third-order valence-electron chi connectivity index (χ3n) is 3.18. The molecule has 1 amide bonds. The Kier molecular flexibility index (Phi) is 5.58. The van der Waals surface area contributed by atoms with Crippen LogP contribution in [0.4, 0.5) is 17.6 Å². The zero-order chi connectivity index (χ0) is 14.9. The van der Waals surface area contributed by atoms with Crippen LogP contribution in [0.2, 0.25) is 0 Å². The molecular formula is C13H15ClF4N2O. The minimum absolute atomic E-state index is 0. The van der Waals surface area contributed by atoms with Gasteiger partial charge in [0.15, 0.2) is 0 Å². The maximum atomic E-state index is 13.6. The fourth-order valence-corrected chi connectivity index (χ4v) is 2.15. The van der Waals surface area contributed by atoms with Crippen LogP contribution in [0, 0.1) is 5.82 Å². The largest absolute Gasteiger partial charge is 0.416 e. The quantitative estimate of drug-likeness (QED) is 0.805. The van der Waals surface area contributed by atoms with E-state index in [2.05, 4.69) is 5.32 Å². The minimum Gasteiger partial charge on any atom is -0.336 e. The topological polar surface area (TPSA) is 32.3 Å². The summed E-state index contributed by atoms with van der Waals surface area (Å²) in [5.41, 5.74) is -1.56. The Bertz CT molecular complexity index is 521. The summed E-state index contributed by atoms with van der Waals surface area (Å²) in [5, 5.41) is 3.10. The molecule has 1 aliphatic rings. The number of hydrogen-bond donors (Lipinski definition) is 1. The van der Waals surface area contributed by atoms with E-state index < -0.39 is 29.0 Å². The molecule has 21 heavy (non-hydrogen) atoms. The Labute approximate surface area is 125 Å². The van der Waals surface area contributed by atoms with Crippen molar-refractivity contribution < 1.29 is 22.4 Å². The molecule has 0 aromatic heterocycles. The zero-order valence-corrected chi connectivity index (χ0v) is 12.0. The van der Waals surface area contributed by atoms with Crippen LogP contribution in [0.15, 0.2) is 18.2 Å². The summed E-state index contributed by atoms with van der Waals surface area (Å²) in [6, 6.07) is 1.92. The third kappa shape index (κ3) is 4.07. The Hall–Kier alpha value is -1.34. The fraction of sp³-hybridized carbons (Fsp3) is 0.462. The predicted octanol–water partition coefficient (Wildman–Crippen LogP) is 2.70. The van der Waals surface area contributed by atoms with Crippen LogP contribution >= 0.6 is 12.4 Å². The summed E-state index contributed by atoms with van der Waals surface area (Å²) >= 11 is 0. The highest BCUT2D eigenvalue weighted by atomic mass is 35.5. The normalized spacial score (nSPS) is 19.1. The molecule has 0 saturated carbocycles. The highest BCUT2D eigenvalue weighted by Crippen LogP contribution is 2.30. The zero-order valence-electron chi connectivity index (χ0n) is 11.2. The van der Waals surface area contributed by atoms with Crippen molar-refractivity contribution in [1.82, 2.24) is 10.2 Å². The molecule has 1 atom stereocenters. The highest BCUT2D eigenvalue weighted by molar-refractivity contribution is 5.94. The van der Waals surface area contributed by atoms with Gasteiger partial charge in [-0.25, -0.2) is 4.39 Å². The van der Waals surface area contributed by atoms with Gasteiger partial charge in [0.05, 0.1) is 11.1 Å². The smallest absolute Gasteiger partial charge is 0.336 e. The monoisotopic (exact) mass is 326 g/mol. The van der Waals surface area contributed by atoms with Gasteiger partial charge in [0.25, 0.3) is 5.91 Å². The number of carbonyl (C=O) groups excluding carboxylic acids is 1. The van der Waals surface area contributed by atoms with Gasteiger partial charge in [0.1, 0.15) is 5.82 Å². The van der Waals surface area contributed by atoms with Gasteiger partial charge in [0.2, 0.25) is 0 Å². The molecule has 1 aliphatic heterocycles.